The van der Waals surface area contributed by atoms with E-state index in [1.807, 2.05) is 0 Å². The van der Waals surface area contributed by atoms with Gasteiger partial charge in [-0.1, -0.05) is 18.2 Å². The lowest BCUT2D eigenvalue weighted by atomic mass is 9.87. The zero-order valence-corrected chi connectivity index (χ0v) is 9.17. The molecular formula is C14H18O. The zero-order chi connectivity index (χ0) is 10.5. The molecule has 0 fully saturated rings. The first-order valence-corrected chi connectivity index (χ1v) is 5.95. The van der Waals surface area contributed by atoms with E-state index in [4.69, 9.17) is 0 Å². The third-order valence-electron chi connectivity index (χ3n) is 3.26. The van der Waals surface area contributed by atoms with Crippen molar-refractivity contribution in [3.8, 4) is 0 Å². The Labute approximate surface area is 91.5 Å². The van der Waals surface area contributed by atoms with E-state index in [-0.39, 0.29) is 0 Å². The second-order valence-electron chi connectivity index (χ2n) is 4.32. The fourth-order valence-corrected chi connectivity index (χ4v) is 2.47. The Hall–Kier alpha value is -1.11. The van der Waals surface area contributed by atoms with Gasteiger partial charge in [0.2, 0.25) is 0 Å². The second kappa shape index (κ2) is 5.11. The maximum atomic E-state index is 10.3. The first kappa shape index (κ1) is 10.4. The molecule has 0 aliphatic heterocycles. The molecule has 80 valence electrons. The molecule has 0 atom stereocenters. The van der Waals surface area contributed by atoms with Gasteiger partial charge < -0.3 is 4.79 Å². The highest BCUT2D eigenvalue weighted by Gasteiger charge is 2.11. The normalized spacial score (nSPS) is 14.7. The van der Waals surface area contributed by atoms with Gasteiger partial charge in [-0.15, -0.1) is 0 Å². The molecule has 0 spiro atoms. The highest BCUT2D eigenvalue weighted by Crippen LogP contribution is 2.25. The van der Waals surface area contributed by atoms with Crippen molar-refractivity contribution < 1.29 is 4.79 Å². The molecule has 1 nitrogen and oxygen atoms in total. The molecule has 0 aromatic heterocycles. The summed E-state index contributed by atoms with van der Waals surface area (Å²) in [5.74, 6) is 0. The number of rotatable bonds is 4. The Morgan fingerprint density at radius 2 is 2.07 bits per heavy atom. The maximum Gasteiger partial charge on any atom is 0.120 e. The molecule has 0 amide bonds. The van der Waals surface area contributed by atoms with Crippen molar-refractivity contribution in [2.24, 2.45) is 0 Å². The average Bonchev–Trinajstić information content (AvgIpc) is 2.30. The SMILES string of the molecule is O=CCCCc1cccc2c1CCCC2. The summed E-state index contributed by atoms with van der Waals surface area (Å²) in [5.41, 5.74) is 4.61. The Morgan fingerprint density at radius 1 is 1.20 bits per heavy atom. The van der Waals surface area contributed by atoms with Crippen LogP contribution in [0.1, 0.15) is 42.4 Å². The molecule has 1 heteroatoms. The Morgan fingerprint density at radius 3 is 2.93 bits per heavy atom. The summed E-state index contributed by atoms with van der Waals surface area (Å²) in [4.78, 5) is 10.3. The predicted octanol–water partition coefficient (Wildman–Crippen LogP) is 3.09. The lowest BCUT2D eigenvalue weighted by Gasteiger charge is -2.19. The lowest BCUT2D eigenvalue weighted by Crippen LogP contribution is -2.06. The Balaban J connectivity index is 2.12. The molecule has 0 saturated heterocycles. The molecule has 1 aromatic carbocycles. The van der Waals surface area contributed by atoms with Crippen LogP contribution in [0.15, 0.2) is 18.2 Å². The third-order valence-corrected chi connectivity index (χ3v) is 3.26. The number of hydrogen-bond acceptors (Lipinski definition) is 1. The van der Waals surface area contributed by atoms with Crippen LogP contribution in [-0.4, -0.2) is 6.29 Å². The van der Waals surface area contributed by atoms with Gasteiger partial charge in [0.15, 0.2) is 0 Å². The molecule has 0 unspecified atom stereocenters. The average molecular weight is 202 g/mol. The quantitative estimate of drug-likeness (QED) is 0.541. The summed E-state index contributed by atoms with van der Waals surface area (Å²) in [6, 6.07) is 6.66. The summed E-state index contributed by atoms with van der Waals surface area (Å²) >= 11 is 0. The standard InChI is InChI=1S/C14H18O/c15-11-4-3-7-13-9-5-8-12-6-1-2-10-14(12)13/h5,8-9,11H,1-4,6-7,10H2. The molecule has 15 heavy (non-hydrogen) atoms. The summed E-state index contributed by atoms with van der Waals surface area (Å²) in [5, 5.41) is 0. The Bertz CT molecular complexity index is 341. The van der Waals surface area contributed by atoms with E-state index in [2.05, 4.69) is 18.2 Å². The van der Waals surface area contributed by atoms with E-state index in [0.29, 0.717) is 6.42 Å². The van der Waals surface area contributed by atoms with Crippen LogP contribution in [0.25, 0.3) is 0 Å². The van der Waals surface area contributed by atoms with Crippen molar-refractivity contribution >= 4 is 6.29 Å². The van der Waals surface area contributed by atoms with Gasteiger partial charge in [0.05, 0.1) is 0 Å². The van der Waals surface area contributed by atoms with Gasteiger partial charge in [0.25, 0.3) is 0 Å². The molecule has 2 rings (SSSR count). The van der Waals surface area contributed by atoms with Crippen molar-refractivity contribution in [3.63, 3.8) is 0 Å². The smallest absolute Gasteiger partial charge is 0.120 e. The van der Waals surface area contributed by atoms with Gasteiger partial charge in [-0.25, -0.2) is 0 Å². The molecule has 0 saturated carbocycles. The largest absolute Gasteiger partial charge is 0.303 e. The van der Waals surface area contributed by atoms with Gasteiger partial charge in [-0.2, -0.15) is 0 Å². The molecular weight excluding hydrogens is 184 g/mol. The number of unbranched alkanes of at least 4 members (excludes halogenated alkanes) is 1. The molecule has 0 heterocycles. The third kappa shape index (κ3) is 2.47. The minimum Gasteiger partial charge on any atom is -0.303 e. The predicted molar refractivity (Wildman–Crippen MR) is 62.1 cm³/mol. The maximum absolute atomic E-state index is 10.3. The molecule has 1 aliphatic carbocycles. The van der Waals surface area contributed by atoms with Crippen molar-refractivity contribution in [1.29, 1.82) is 0 Å². The molecule has 0 N–H and O–H groups in total. The van der Waals surface area contributed by atoms with Crippen LogP contribution in [0.2, 0.25) is 0 Å². The zero-order valence-electron chi connectivity index (χ0n) is 9.17. The van der Waals surface area contributed by atoms with Crippen molar-refractivity contribution in [2.45, 2.75) is 44.9 Å². The molecule has 0 bridgehead atoms. The molecule has 0 radical (unpaired) electrons. The lowest BCUT2D eigenvalue weighted by molar-refractivity contribution is -0.107. The summed E-state index contributed by atoms with van der Waals surface area (Å²) in [7, 11) is 0. The first-order valence-electron chi connectivity index (χ1n) is 5.95. The van der Waals surface area contributed by atoms with E-state index >= 15 is 0 Å². The number of carbonyl (C=O) groups excluding carboxylic acids is 1. The van der Waals surface area contributed by atoms with Gasteiger partial charge in [0, 0.05) is 6.42 Å². The minimum absolute atomic E-state index is 0.698. The van der Waals surface area contributed by atoms with Crippen LogP contribution in [0.4, 0.5) is 0 Å². The van der Waals surface area contributed by atoms with Crippen LogP contribution in [-0.2, 0) is 24.1 Å². The fraction of sp³-hybridized carbons (Fsp3) is 0.500. The number of benzene rings is 1. The molecule has 1 aliphatic rings. The highest BCUT2D eigenvalue weighted by molar-refractivity contribution is 5.49. The summed E-state index contributed by atoms with van der Waals surface area (Å²) < 4.78 is 0. The van der Waals surface area contributed by atoms with Gasteiger partial charge in [-0.3, -0.25) is 0 Å². The highest BCUT2D eigenvalue weighted by atomic mass is 16.1. The van der Waals surface area contributed by atoms with E-state index in [0.717, 1.165) is 19.1 Å². The van der Waals surface area contributed by atoms with Crippen molar-refractivity contribution in [2.75, 3.05) is 0 Å². The van der Waals surface area contributed by atoms with Crippen molar-refractivity contribution in [3.05, 3.63) is 34.9 Å². The van der Waals surface area contributed by atoms with E-state index in [9.17, 15) is 4.79 Å². The van der Waals surface area contributed by atoms with Gasteiger partial charge in [-0.05, 0) is 55.2 Å². The second-order valence-corrected chi connectivity index (χ2v) is 4.32. The molecule has 1 aromatic rings. The van der Waals surface area contributed by atoms with E-state index in [1.165, 1.54) is 31.2 Å². The number of aryl methyl sites for hydroxylation is 2. The topological polar surface area (TPSA) is 17.1 Å². The van der Waals surface area contributed by atoms with Crippen molar-refractivity contribution in [1.82, 2.24) is 0 Å². The Kier molecular flexibility index (Phi) is 3.54. The summed E-state index contributed by atoms with van der Waals surface area (Å²) in [6.45, 7) is 0. The number of aldehydes is 1. The minimum atomic E-state index is 0.698. The van der Waals surface area contributed by atoms with Crippen LogP contribution in [0, 0.1) is 0 Å². The fourth-order valence-electron chi connectivity index (χ4n) is 2.47. The summed E-state index contributed by atoms with van der Waals surface area (Å²) in [6.07, 6.45) is 8.95. The van der Waals surface area contributed by atoms with Crippen LogP contribution >= 0.6 is 0 Å². The first-order chi connectivity index (χ1) is 7.42. The number of hydrogen-bond donors (Lipinski definition) is 0. The number of carbonyl (C=O) groups is 1. The van der Waals surface area contributed by atoms with E-state index < -0.39 is 0 Å². The van der Waals surface area contributed by atoms with Crippen LogP contribution < -0.4 is 0 Å². The van der Waals surface area contributed by atoms with Gasteiger partial charge in [0.1, 0.15) is 6.29 Å². The van der Waals surface area contributed by atoms with Gasteiger partial charge >= 0.3 is 0 Å². The van der Waals surface area contributed by atoms with Crippen LogP contribution in [0.5, 0.6) is 0 Å². The van der Waals surface area contributed by atoms with Crippen LogP contribution in [0.3, 0.4) is 0 Å². The van der Waals surface area contributed by atoms with E-state index in [1.54, 1.807) is 11.1 Å². The monoisotopic (exact) mass is 202 g/mol. The number of fused-ring (bicyclic) bond motifs is 1.